The van der Waals surface area contributed by atoms with Gasteiger partial charge >= 0.3 is 0 Å². The first kappa shape index (κ1) is 13.7. The van der Waals surface area contributed by atoms with E-state index in [-0.39, 0.29) is 18.3 Å². The highest BCUT2D eigenvalue weighted by Gasteiger charge is 2.43. The first-order valence-electron chi connectivity index (χ1n) is 7.06. The Hall–Kier alpha value is -1.24. The van der Waals surface area contributed by atoms with Crippen LogP contribution >= 0.6 is 0 Å². The second-order valence-corrected chi connectivity index (χ2v) is 5.74. The summed E-state index contributed by atoms with van der Waals surface area (Å²) >= 11 is 0. The molecule has 3 N–H and O–H groups in total. The molecular formula is C14H20FN3O2. The van der Waals surface area contributed by atoms with Crippen molar-refractivity contribution in [3.8, 4) is 0 Å². The predicted molar refractivity (Wildman–Crippen MR) is 72.9 cm³/mol. The molecule has 6 heteroatoms. The molecular weight excluding hydrogens is 261 g/mol. The number of anilines is 1. The minimum atomic E-state index is -0.620. The third-order valence-electron chi connectivity index (χ3n) is 4.54. The molecule has 0 aromatic carbocycles. The van der Waals surface area contributed by atoms with Crippen molar-refractivity contribution in [1.82, 2.24) is 10.3 Å². The lowest BCUT2D eigenvalue weighted by Crippen LogP contribution is -2.59. The summed E-state index contributed by atoms with van der Waals surface area (Å²) in [5, 5.41) is 23.0. The lowest BCUT2D eigenvalue weighted by atomic mass is 9.76. The molecule has 2 saturated heterocycles. The van der Waals surface area contributed by atoms with Crippen LogP contribution in [0.1, 0.15) is 18.5 Å². The zero-order valence-corrected chi connectivity index (χ0v) is 11.3. The van der Waals surface area contributed by atoms with Crippen molar-refractivity contribution in [2.75, 3.05) is 31.1 Å². The first-order chi connectivity index (χ1) is 9.62. The van der Waals surface area contributed by atoms with Crippen LogP contribution in [0.15, 0.2) is 12.3 Å². The molecule has 0 aliphatic carbocycles. The fourth-order valence-electron chi connectivity index (χ4n) is 3.24. The molecule has 110 valence electrons. The molecule has 5 nitrogen and oxygen atoms in total. The molecule has 2 aliphatic heterocycles. The van der Waals surface area contributed by atoms with Crippen molar-refractivity contribution in [3.05, 3.63) is 23.8 Å². The van der Waals surface area contributed by atoms with Gasteiger partial charge in [0.25, 0.3) is 0 Å². The fourth-order valence-corrected chi connectivity index (χ4v) is 3.24. The van der Waals surface area contributed by atoms with Gasteiger partial charge < -0.3 is 20.4 Å². The number of aliphatic hydroxyl groups is 2. The van der Waals surface area contributed by atoms with Crippen LogP contribution in [0, 0.1) is 11.7 Å². The van der Waals surface area contributed by atoms with E-state index in [2.05, 4.69) is 10.3 Å². The summed E-state index contributed by atoms with van der Waals surface area (Å²) in [7, 11) is 0. The molecule has 2 fully saturated rings. The Morgan fingerprint density at radius 1 is 1.50 bits per heavy atom. The van der Waals surface area contributed by atoms with Gasteiger partial charge in [-0.1, -0.05) is 0 Å². The van der Waals surface area contributed by atoms with Crippen molar-refractivity contribution in [2.45, 2.75) is 25.0 Å². The fraction of sp³-hybridized carbons (Fsp3) is 0.643. The van der Waals surface area contributed by atoms with Crippen LogP contribution in [0.25, 0.3) is 0 Å². The van der Waals surface area contributed by atoms with Gasteiger partial charge in [0.15, 0.2) is 5.82 Å². The zero-order chi connectivity index (χ0) is 14.2. The lowest BCUT2D eigenvalue weighted by molar-refractivity contribution is -0.0539. The van der Waals surface area contributed by atoms with Crippen molar-refractivity contribution in [1.29, 1.82) is 0 Å². The van der Waals surface area contributed by atoms with Crippen LogP contribution in [0.4, 0.5) is 10.1 Å². The number of halogens is 1. The van der Waals surface area contributed by atoms with E-state index in [4.69, 9.17) is 5.11 Å². The number of piperidine rings is 2. The van der Waals surface area contributed by atoms with E-state index in [0.29, 0.717) is 30.9 Å². The minimum Gasteiger partial charge on any atom is -0.390 e. The molecule has 1 aromatic heterocycles. The van der Waals surface area contributed by atoms with E-state index in [1.165, 1.54) is 0 Å². The van der Waals surface area contributed by atoms with Gasteiger partial charge in [0.1, 0.15) is 0 Å². The average Bonchev–Trinajstić information content (AvgIpc) is 2.47. The molecule has 0 saturated carbocycles. The maximum Gasteiger partial charge on any atom is 0.164 e. The van der Waals surface area contributed by atoms with Gasteiger partial charge in [0.05, 0.1) is 29.8 Å². The Balaban J connectivity index is 1.82. The topological polar surface area (TPSA) is 68.6 Å². The maximum absolute atomic E-state index is 13.9. The number of nitrogens with zero attached hydrogens (tertiary/aromatic N) is 2. The molecule has 2 atom stereocenters. The standard InChI is InChI=1S/C14H20FN3O2/c15-12-7-17-11(9-19)5-13(12)18-4-2-14(20)1-3-16-6-10(14)8-18/h5,7,10,16,19-20H,1-4,6,8-9H2/t10-,14-/m0/s1. The highest BCUT2D eigenvalue weighted by molar-refractivity contribution is 5.49. The van der Waals surface area contributed by atoms with Gasteiger partial charge in [0, 0.05) is 25.6 Å². The monoisotopic (exact) mass is 281 g/mol. The van der Waals surface area contributed by atoms with Gasteiger partial charge in [-0.3, -0.25) is 4.98 Å². The van der Waals surface area contributed by atoms with Gasteiger partial charge in [0.2, 0.25) is 0 Å². The molecule has 0 unspecified atom stereocenters. The zero-order valence-electron chi connectivity index (χ0n) is 11.3. The number of fused-ring (bicyclic) bond motifs is 1. The molecule has 0 spiro atoms. The van der Waals surface area contributed by atoms with Crippen molar-refractivity contribution >= 4 is 5.69 Å². The van der Waals surface area contributed by atoms with Crippen LogP contribution in [0.5, 0.6) is 0 Å². The summed E-state index contributed by atoms with van der Waals surface area (Å²) in [6.45, 7) is 2.64. The maximum atomic E-state index is 13.9. The first-order valence-corrected chi connectivity index (χ1v) is 7.06. The second kappa shape index (κ2) is 5.27. The third-order valence-corrected chi connectivity index (χ3v) is 4.54. The highest BCUT2D eigenvalue weighted by atomic mass is 19.1. The van der Waals surface area contributed by atoms with Gasteiger partial charge in [-0.05, 0) is 25.5 Å². The Kier molecular flexibility index (Phi) is 3.62. The summed E-state index contributed by atoms with van der Waals surface area (Å²) in [6, 6.07) is 1.59. The summed E-state index contributed by atoms with van der Waals surface area (Å²) in [5.41, 5.74) is 0.311. The summed E-state index contributed by atoms with van der Waals surface area (Å²) in [6.07, 6.45) is 2.56. The van der Waals surface area contributed by atoms with E-state index in [0.717, 1.165) is 25.7 Å². The normalized spacial score (nSPS) is 30.1. The van der Waals surface area contributed by atoms with Crippen LogP contribution in [-0.2, 0) is 6.61 Å². The average molecular weight is 281 g/mol. The molecule has 20 heavy (non-hydrogen) atoms. The Morgan fingerprint density at radius 2 is 2.35 bits per heavy atom. The van der Waals surface area contributed by atoms with E-state index >= 15 is 0 Å². The van der Waals surface area contributed by atoms with E-state index < -0.39 is 5.60 Å². The van der Waals surface area contributed by atoms with Crippen molar-refractivity contribution in [3.63, 3.8) is 0 Å². The number of rotatable bonds is 2. The predicted octanol–water partition coefficient (Wildman–Crippen LogP) is 0.264. The van der Waals surface area contributed by atoms with E-state index in [1.54, 1.807) is 6.07 Å². The van der Waals surface area contributed by atoms with Gasteiger partial charge in [-0.15, -0.1) is 0 Å². The summed E-state index contributed by atoms with van der Waals surface area (Å²) in [5.74, 6) is -0.272. The SMILES string of the molecule is OCc1cc(N2CC[C@@]3(O)CCNC[C@H]3C2)c(F)cn1. The molecule has 3 heterocycles. The molecule has 2 aliphatic rings. The highest BCUT2D eigenvalue weighted by Crippen LogP contribution is 2.35. The molecule has 0 amide bonds. The quantitative estimate of drug-likeness (QED) is 0.726. The van der Waals surface area contributed by atoms with E-state index in [9.17, 15) is 9.50 Å². The Labute approximate surface area is 117 Å². The smallest absolute Gasteiger partial charge is 0.164 e. The summed E-state index contributed by atoms with van der Waals surface area (Å²) in [4.78, 5) is 5.78. The number of pyridine rings is 1. The summed E-state index contributed by atoms with van der Waals surface area (Å²) < 4.78 is 13.9. The molecule has 0 radical (unpaired) electrons. The van der Waals surface area contributed by atoms with E-state index in [1.807, 2.05) is 4.90 Å². The van der Waals surface area contributed by atoms with Gasteiger partial charge in [-0.2, -0.15) is 0 Å². The minimum absolute atomic E-state index is 0.107. The number of hydrogen-bond acceptors (Lipinski definition) is 5. The van der Waals surface area contributed by atoms with Crippen molar-refractivity contribution in [2.24, 2.45) is 5.92 Å². The second-order valence-electron chi connectivity index (χ2n) is 5.74. The Bertz CT molecular complexity index is 499. The van der Waals surface area contributed by atoms with Crippen LogP contribution in [-0.4, -0.2) is 47.0 Å². The lowest BCUT2D eigenvalue weighted by Gasteiger charge is -2.48. The Morgan fingerprint density at radius 3 is 3.15 bits per heavy atom. The van der Waals surface area contributed by atoms with Gasteiger partial charge in [-0.25, -0.2) is 4.39 Å². The van der Waals surface area contributed by atoms with Crippen LogP contribution in [0.3, 0.4) is 0 Å². The number of aromatic nitrogens is 1. The number of aliphatic hydroxyl groups excluding tert-OH is 1. The molecule has 1 aromatic rings. The third kappa shape index (κ3) is 2.39. The number of hydrogen-bond donors (Lipinski definition) is 3. The van der Waals surface area contributed by atoms with Crippen molar-refractivity contribution < 1.29 is 14.6 Å². The van der Waals surface area contributed by atoms with Crippen LogP contribution in [0.2, 0.25) is 0 Å². The molecule has 0 bridgehead atoms. The van der Waals surface area contributed by atoms with Crippen LogP contribution < -0.4 is 10.2 Å². The molecule has 3 rings (SSSR count). The largest absolute Gasteiger partial charge is 0.390 e. The number of nitrogens with one attached hydrogen (secondary N) is 1.